The average Bonchev–Trinajstić information content (AvgIpc) is 3.27. The molecule has 1 aromatic heterocycles. The molecule has 0 aliphatic carbocycles. The molecule has 0 radical (unpaired) electrons. The second-order valence-corrected chi connectivity index (χ2v) is 8.58. The second kappa shape index (κ2) is 9.46. The standard InChI is InChI=1S/C23H24N4O4S/c1-16-19(7-4-8-21(16)27(29)30)23(28)26-11-9-25(10-12-26)14-22-24-20(15-32-22)17-5-3-6-18(13-17)31-2/h3-8,13,15H,9-12,14H2,1-2H3. The lowest BCUT2D eigenvalue weighted by atomic mass is 10.1. The Morgan fingerprint density at radius 2 is 1.94 bits per heavy atom. The van der Waals surface area contributed by atoms with Crippen molar-refractivity contribution in [2.45, 2.75) is 13.5 Å². The minimum absolute atomic E-state index is 0.0231. The van der Waals surface area contributed by atoms with Crippen LogP contribution in [0.1, 0.15) is 20.9 Å². The summed E-state index contributed by atoms with van der Waals surface area (Å²) in [5.74, 6) is 0.650. The molecule has 0 N–H and O–H groups in total. The van der Waals surface area contributed by atoms with Crippen LogP contribution in [0.3, 0.4) is 0 Å². The van der Waals surface area contributed by atoms with Crippen molar-refractivity contribution in [3.8, 4) is 17.0 Å². The largest absolute Gasteiger partial charge is 0.497 e. The highest BCUT2D eigenvalue weighted by Gasteiger charge is 2.26. The van der Waals surface area contributed by atoms with Gasteiger partial charge in [-0.15, -0.1) is 11.3 Å². The molecule has 2 aromatic carbocycles. The number of ether oxygens (including phenoxy) is 1. The van der Waals surface area contributed by atoms with Gasteiger partial charge < -0.3 is 9.64 Å². The van der Waals surface area contributed by atoms with Gasteiger partial charge in [-0.05, 0) is 25.1 Å². The summed E-state index contributed by atoms with van der Waals surface area (Å²) in [5.41, 5.74) is 2.74. The molecule has 32 heavy (non-hydrogen) atoms. The highest BCUT2D eigenvalue weighted by molar-refractivity contribution is 7.09. The number of piperazine rings is 1. The molecular formula is C23H24N4O4S. The fourth-order valence-corrected chi connectivity index (χ4v) is 4.67. The molecule has 0 unspecified atom stereocenters. The molecule has 0 spiro atoms. The summed E-state index contributed by atoms with van der Waals surface area (Å²) in [7, 11) is 1.65. The van der Waals surface area contributed by atoms with Gasteiger partial charge in [0.2, 0.25) is 0 Å². The Morgan fingerprint density at radius 1 is 1.19 bits per heavy atom. The number of hydrogen-bond donors (Lipinski definition) is 0. The van der Waals surface area contributed by atoms with Gasteiger partial charge in [0.25, 0.3) is 11.6 Å². The maximum Gasteiger partial charge on any atom is 0.273 e. The Hall–Kier alpha value is -3.30. The molecule has 0 atom stereocenters. The summed E-state index contributed by atoms with van der Waals surface area (Å²) in [4.78, 5) is 32.5. The van der Waals surface area contributed by atoms with Crippen molar-refractivity contribution in [1.29, 1.82) is 0 Å². The first-order valence-electron chi connectivity index (χ1n) is 10.3. The minimum Gasteiger partial charge on any atom is -0.497 e. The van der Waals surface area contributed by atoms with Crippen molar-refractivity contribution in [3.63, 3.8) is 0 Å². The first kappa shape index (κ1) is 21.9. The average molecular weight is 453 g/mol. The van der Waals surface area contributed by atoms with E-state index < -0.39 is 4.92 Å². The van der Waals surface area contributed by atoms with Crippen molar-refractivity contribution in [3.05, 3.63) is 74.1 Å². The number of carbonyl (C=O) groups is 1. The van der Waals surface area contributed by atoms with E-state index in [-0.39, 0.29) is 11.6 Å². The lowest BCUT2D eigenvalue weighted by molar-refractivity contribution is -0.385. The normalized spacial score (nSPS) is 14.4. The maximum absolute atomic E-state index is 12.9. The molecule has 1 aliphatic rings. The minimum atomic E-state index is -0.447. The molecule has 2 heterocycles. The molecule has 1 saturated heterocycles. The number of hydrogen-bond acceptors (Lipinski definition) is 7. The van der Waals surface area contributed by atoms with Gasteiger partial charge in [0, 0.05) is 54.3 Å². The number of amides is 1. The van der Waals surface area contributed by atoms with E-state index >= 15 is 0 Å². The summed E-state index contributed by atoms with van der Waals surface area (Å²) in [5, 5.41) is 14.3. The number of aromatic nitrogens is 1. The van der Waals surface area contributed by atoms with Gasteiger partial charge in [-0.3, -0.25) is 19.8 Å². The summed E-state index contributed by atoms with van der Waals surface area (Å²) in [6, 6.07) is 12.5. The molecule has 0 saturated carbocycles. The molecule has 3 aromatic rings. The SMILES string of the molecule is COc1cccc(-c2csc(CN3CCN(C(=O)c4cccc([N+](=O)[O-])c4C)CC3)n2)c1. The zero-order valence-electron chi connectivity index (χ0n) is 18.0. The van der Waals surface area contributed by atoms with Crippen LogP contribution < -0.4 is 4.74 Å². The Balaban J connectivity index is 1.37. The van der Waals surface area contributed by atoms with Gasteiger partial charge in [0.05, 0.1) is 24.3 Å². The van der Waals surface area contributed by atoms with Crippen LogP contribution >= 0.6 is 11.3 Å². The quantitative estimate of drug-likeness (QED) is 0.415. The molecule has 0 bridgehead atoms. The van der Waals surface area contributed by atoms with Crippen molar-refractivity contribution in [1.82, 2.24) is 14.8 Å². The number of nitro groups is 1. The predicted octanol–water partition coefficient (Wildman–Crippen LogP) is 3.99. The second-order valence-electron chi connectivity index (χ2n) is 7.63. The third-order valence-electron chi connectivity index (χ3n) is 5.67. The smallest absolute Gasteiger partial charge is 0.273 e. The third-order valence-corrected chi connectivity index (χ3v) is 6.50. The number of nitrogens with zero attached hydrogens (tertiary/aromatic N) is 4. The van der Waals surface area contributed by atoms with E-state index in [1.54, 1.807) is 42.4 Å². The van der Waals surface area contributed by atoms with Crippen molar-refractivity contribution in [2.75, 3.05) is 33.3 Å². The summed E-state index contributed by atoms with van der Waals surface area (Å²) in [6.45, 7) is 4.97. The first-order chi connectivity index (χ1) is 15.5. The zero-order valence-corrected chi connectivity index (χ0v) is 18.8. The Labute approximate surface area is 190 Å². The van der Waals surface area contributed by atoms with E-state index in [1.807, 2.05) is 24.3 Å². The van der Waals surface area contributed by atoms with Gasteiger partial charge in [-0.2, -0.15) is 0 Å². The molecule has 1 fully saturated rings. The van der Waals surface area contributed by atoms with Crippen LogP contribution in [0.2, 0.25) is 0 Å². The Kier molecular flexibility index (Phi) is 6.48. The predicted molar refractivity (Wildman–Crippen MR) is 123 cm³/mol. The molecule has 8 nitrogen and oxygen atoms in total. The van der Waals surface area contributed by atoms with E-state index in [9.17, 15) is 14.9 Å². The van der Waals surface area contributed by atoms with Gasteiger partial charge in [0.1, 0.15) is 10.8 Å². The van der Waals surface area contributed by atoms with Crippen LogP contribution in [0.15, 0.2) is 47.8 Å². The number of methoxy groups -OCH3 is 1. The fraction of sp³-hybridized carbons (Fsp3) is 0.304. The van der Waals surface area contributed by atoms with Crippen molar-refractivity contribution < 1.29 is 14.5 Å². The molecule has 166 valence electrons. The number of benzene rings is 2. The lowest BCUT2D eigenvalue weighted by Gasteiger charge is -2.34. The van der Waals surface area contributed by atoms with E-state index in [0.29, 0.717) is 24.2 Å². The van der Waals surface area contributed by atoms with Gasteiger partial charge in [-0.1, -0.05) is 18.2 Å². The maximum atomic E-state index is 12.9. The van der Waals surface area contributed by atoms with E-state index in [1.165, 1.54) is 6.07 Å². The van der Waals surface area contributed by atoms with Crippen molar-refractivity contribution >= 4 is 22.9 Å². The Morgan fingerprint density at radius 3 is 2.66 bits per heavy atom. The number of rotatable bonds is 6. The summed E-state index contributed by atoms with van der Waals surface area (Å²) in [6.07, 6.45) is 0. The number of thiazole rings is 1. The van der Waals surface area contributed by atoms with Gasteiger partial charge >= 0.3 is 0 Å². The number of carbonyl (C=O) groups excluding carboxylic acids is 1. The molecule has 4 rings (SSSR count). The lowest BCUT2D eigenvalue weighted by Crippen LogP contribution is -2.48. The van der Waals surface area contributed by atoms with Crippen LogP contribution in [0.5, 0.6) is 5.75 Å². The topological polar surface area (TPSA) is 88.8 Å². The van der Waals surface area contributed by atoms with Crippen molar-refractivity contribution in [2.24, 2.45) is 0 Å². The summed E-state index contributed by atoms with van der Waals surface area (Å²) >= 11 is 1.62. The van der Waals surface area contributed by atoms with Crippen LogP contribution in [-0.2, 0) is 6.54 Å². The summed E-state index contributed by atoms with van der Waals surface area (Å²) < 4.78 is 5.29. The molecule has 9 heteroatoms. The highest BCUT2D eigenvalue weighted by Crippen LogP contribution is 2.26. The van der Waals surface area contributed by atoms with Crippen LogP contribution in [0, 0.1) is 17.0 Å². The van der Waals surface area contributed by atoms with E-state index in [2.05, 4.69) is 10.3 Å². The fourth-order valence-electron chi connectivity index (χ4n) is 3.82. The molecule has 1 aliphatic heterocycles. The van der Waals surface area contributed by atoms with E-state index in [0.717, 1.165) is 41.6 Å². The molecule has 1 amide bonds. The van der Waals surface area contributed by atoms with Crippen LogP contribution in [0.4, 0.5) is 5.69 Å². The highest BCUT2D eigenvalue weighted by atomic mass is 32.1. The van der Waals surface area contributed by atoms with Gasteiger partial charge in [-0.25, -0.2) is 4.98 Å². The third kappa shape index (κ3) is 4.63. The van der Waals surface area contributed by atoms with Crippen LogP contribution in [-0.4, -0.2) is 58.9 Å². The number of nitro benzene ring substituents is 1. The monoisotopic (exact) mass is 452 g/mol. The first-order valence-corrected chi connectivity index (χ1v) is 11.2. The zero-order chi connectivity index (χ0) is 22.7. The van der Waals surface area contributed by atoms with Gasteiger partial charge in [0.15, 0.2) is 0 Å². The van der Waals surface area contributed by atoms with Crippen LogP contribution in [0.25, 0.3) is 11.3 Å². The molecular weight excluding hydrogens is 428 g/mol. The Bertz CT molecular complexity index is 1140. The van der Waals surface area contributed by atoms with E-state index in [4.69, 9.17) is 9.72 Å².